The average molecular weight is 361 g/mol. The number of alkyl halides is 3. The zero-order valence-electron chi connectivity index (χ0n) is 14.0. The Balaban J connectivity index is 1.74. The van der Waals surface area contributed by atoms with Gasteiger partial charge in [-0.05, 0) is 30.5 Å². The molecule has 1 aliphatic carbocycles. The van der Waals surface area contributed by atoms with Crippen molar-refractivity contribution in [2.75, 3.05) is 5.06 Å². The molecule has 0 N–H and O–H groups in total. The number of carbonyl (C=O) groups excluding carboxylic acids is 1. The van der Waals surface area contributed by atoms with Crippen molar-refractivity contribution in [3.63, 3.8) is 0 Å². The summed E-state index contributed by atoms with van der Waals surface area (Å²) in [5, 5.41) is 0.814. The van der Waals surface area contributed by atoms with E-state index in [1.165, 1.54) is 18.2 Å². The van der Waals surface area contributed by atoms with Crippen molar-refractivity contribution in [3.05, 3.63) is 65.7 Å². The van der Waals surface area contributed by atoms with Crippen LogP contribution in [0.4, 0.5) is 18.9 Å². The molecule has 1 saturated carbocycles. The summed E-state index contributed by atoms with van der Waals surface area (Å²) in [5.74, 6) is -0.445. The van der Waals surface area contributed by atoms with Gasteiger partial charge >= 0.3 is 6.18 Å². The van der Waals surface area contributed by atoms with E-state index < -0.39 is 23.2 Å². The second kappa shape index (κ2) is 6.13. The molecule has 2 aromatic rings. The Hall–Kier alpha value is -2.34. The molecule has 2 fully saturated rings. The molecule has 1 saturated heterocycles. The van der Waals surface area contributed by atoms with Gasteiger partial charge in [0.05, 0.1) is 11.3 Å². The summed E-state index contributed by atoms with van der Waals surface area (Å²) in [6.07, 6.45) is -0.909. The highest BCUT2D eigenvalue weighted by atomic mass is 19.4. The number of hydrogen-bond acceptors (Lipinski definition) is 2. The molecule has 136 valence electrons. The maximum Gasteiger partial charge on any atom is 0.418 e. The molecule has 0 unspecified atom stereocenters. The van der Waals surface area contributed by atoms with Crippen molar-refractivity contribution in [2.45, 2.75) is 37.5 Å². The fourth-order valence-electron chi connectivity index (χ4n) is 4.06. The molecule has 1 amide bonds. The Morgan fingerprint density at radius 1 is 0.962 bits per heavy atom. The van der Waals surface area contributed by atoms with E-state index >= 15 is 0 Å². The summed E-state index contributed by atoms with van der Waals surface area (Å²) in [4.78, 5) is 19.1. The molecule has 0 bridgehead atoms. The van der Waals surface area contributed by atoms with Crippen molar-refractivity contribution in [2.24, 2.45) is 5.92 Å². The summed E-state index contributed by atoms with van der Waals surface area (Å²) in [5.41, 5.74) is -1.61. The van der Waals surface area contributed by atoms with Gasteiger partial charge in [0, 0.05) is 5.92 Å². The fraction of sp³-hybridized carbons (Fsp3) is 0.350. The van der Waals surface area contributed by atoms with Crippen LogP contribution in [0.2, 0.25) is 0 Å². The van der Waals surface area contributed by atoms with E-state index in [0.29, 0.717) is 5.56 Å². The van der Waals surface area contributed by atoms with Crippen LogP contribution in [-0.4, -0.2) is 5.91 Å². The SMILES string of the molecule is O=C1N(c2ccccc2C(F)(F)F)O[C@]1(c1ccccc1)C1CCCC1. The number of para-hydroxylation sites is 1. The van der Waals surface area contributed by atoms with Crippen LogP contribution < -0.4 is 5.06 Å². The summed E-state index contributed by atoms with van der Waals surface area (Å²) in [6, 6.07) is 14.1. The number of nitrogens with zero attached hydrogens (tertiary/aromatic N) is 1. The maximum absolute atomic E-state index is 13.3. The van der Waals surface area contributed by atoms with E-state index in [2.05, 4.69) is 0 Å². The number of carbonyl (C=O) groups is 1. The molecular weight excluding hydrogens is 343 g/mol. The summed E-state index contributed by atoms with van der Waals surface area (Å²) >= 11 is 0. The van der Waals surface area contributed by atoms with Gasteiger partial charge in [-0.3, -0.25) is 4.79 Å². The number of amides is 1. The van der Waals surface area contributed by atoms with Crippen LogP contribution in [0.15, 0.2) is 54.6 Å². The first-order valence-electron chi connectivity index (χ1n) is 8.70. The van der Waals surface area contributed by atoms with Gasteiger partial charge in [0.15, 0.2) is 0 Å². The quantitative estimate of drug-likeness (QED) is 0.764. The van der Waals surface area contributed by atoms with Crippen molar-refractivity contribution in [1.29, 1.82) is 0 Å². The Morgan fingerprint density at radius 3 is 2.19 bits per heavy atom. The lowest BCUT2D eigenvalue weighted by Crippen LogP contribution is -2.66. The van der Waals surface area contributed by atoms with Gasteiger partial charge in [-0.1, -0.05) is 55.3 Å². The number of hydrogen-bond donors (Lipinski definition) is 0. The predicted molar refractivity (Wildman–Crippen MR) is 90.1 cm³/mol. The first kappa shape index (κ1) is 17.1. The molecule has 4 rings (SSSR count). The highest BCUT2D eigenvalue weighted by Gasteiger charge is 2.62. The molecule has 2 aliphatic rings. The lowest BCUT2D eigenvalue weighted by atomic mass is 9.77. The molecule has 1 heterocycles. The van der Waals surface area contributed by atoms with Crippen LogP contribution in [0.5, 0.6) is 0 Å². The van der Waals surface area contributed by atoms with Gasteiger partial charge in [-0.2, -0.15) is 18.2 Å². The van der Waals surface area contributed by atoms with Gasteiger partial charge < -0.3 is 0 Å². The van der Waals surface area contributed by atoms with Crippen molar-refractivity contribution in [1.82, 2.24) is 0 Å². The monoisotopic (exact) mass is 361 g/mol. The molecule has 0 aromatic heterocycles. The Bertz CT molecular complexity index is 815. The van der Waals surface area contributed by atoms with Crippen LogP contribution in [0.25, 0.3) is 0 Å². The van der Waals surface area contributed by atoms with Crippen LogP contribution >= 0.6 is 0 Å². The van der Waals surface area contributed by atoms with E-state index in [0.717, 1.165) is 36.8 Å². The Labute approximate surface area is 149 Å². The van der Waals surface area contributed by atoms with Gasteiger partial charge in [0.25, 0.3) is 5.91 Å². The molecule has 2 aromatic carbocycles. The van der Waals surface area contributed by atoms with Crippen LogP contribution in [-0.2, 0) is 21.4 Å². The molecule has 0 spiro atoms. The third-order valence-corrected chi connectivity index (χ3v) is 5.30. The van der Waals surface area contributed by atoms with Crippen molar-refractivity contribution >= 4 is 11.6 Å². The largest absolute Gasteiger partial charge is 0.418 e. The second-order valence-corrected chi connectivity index (χ2v) is 6.79. The highest BCUT2D eigenvalue weighted by molar-refractivity contribution is 6.04. The first-order chi connectivity index (χ1) is 12.4. The zero-order chi connectivity index (χ0) is 18.4. The molecule has 26 heavy (non-hydrogen) atoms. The normalized spacial score (nSPS) is 24.0. The number of hydroxylamine groups is 1. The lowest BCUT2D eigenvalue weighted by Gasteiger charge is -2.51. The minimum atomic E-state index is -4.56. The van der Waals surface area contributed by atoms with E-state index in [4.69, 9.17) is 4.84 Å². The van der Waals surface area contributed by atoms with E-state index in [9.17, 15) is 18.0 Å². The summed E-state index contributed by atoms with van der Waals surface area (Å²) < 4.78 is 40.0. The average Bonchev–Trinajstić information content (AvgIpc) is 3.16. The van der Waals surface area contributed by atoms with Crippen LogP contribution in [0.1, 0.15) is 36.8 Å². The van der Waals surface area contributed by atoms with E-state index in [1.54, 1.807) is 0 Å². The number of rotatable bonds is 3. The van der Waals surface area contributed by atoms with Gasteiger partial charge in [-0.25, -0.2) is 4.84 Å². The van der Waals surface area contributed by atoms with Gasteiger partial charge in [0.2, 0.25) is 5.60 Å². The maximum atomic E-state index is 13.3. The molecule has 1 atom stereocenters. The number of benzene rings is 2. The third kappa shape index (κ3) is 2.51. The highest BCUT2D eigenvalue weighted by Crippen LogP contribution is 2.52. The number of anilines is 1. The van der Waals surface area contributed by atoms with Gasteiger partial charge in [-0.15, -0.1) is 0 Å². The first-order valence-corrected chi connectivity index (χ1v) is 8.70. The number of halogens is 3. The smallest absolute Gasteiger partial charge is 0.268 e. The third-order valence-electron chi connectivity index (χ3n) is 5.30. The predicted octanol–water partition coefficient (Wildman–Crippen LogP) is 5.07. The zero-order valence-corrected chi connectivity index (χ0v) is 14.0. The molecule has 6 heteroatoms. The second-order valence-electron chi connectivity index (χ2n) is 6.79. The van der Waals surface area contributed by atoms with E-state index in [1.807, 2.05) is 30.3 Å². The topological polar surface area (TPSA) is 29.5 Å². The van der Waals surface area contributed by atoms with Crippen LogP contribution in [0.3, 0.4) is 0 Å². The molecular formula is C20H18F3NO2. The van der Waals surface area contributed by atoms with Crippen molar-refractivity contribution < 1.29 is 22.8 Å². The summed E-state index contributed by atoms with van der Waals surface area (Å²) in [6.45, 7) is 0. The Kier molecular flexibility index (Phi) is 4.03. The lowest BCUT2D eigenvalue weighted by molar-refractivity contribution is -0.205. The minimum Gasteiger partial charge on any atom is -0.268 e. The standard InChI is InChI=1S/C20H18F3NO2/c21-20(22,23)16-12-6-7-13-17(16)24-18(25)19(26-24,15-10-4-5-11-15)14-8-2-1-3-9-14/h1-3,6-9,12-13,15H,4-5,10-11H2/t19-/m1/s1. The van der Waals surface area contributed by atoms with Crippen molar-refractivity contribution in [3.8, 4) is 0 Å². The summed E-state index contributed by atoms with van der Waals surface area (Å²) in [7, 11) is 0. The van der Waals surface area contributed by atoms with Gasteiger partial charge in [0.1, 0.15) is 0 Å². The minimum absolute atomic E-state index is 0.0216. The van der Waals surface area contributed by atoms with Crippen LogP contribution in [0, 0.1) is 5.92 Å². The molecule has 0 radical (unpaired) electrons. The molecule has 3 nitrogen and oxygen atoms in total. The Morgan fingerprint density at radius 2 is 1.58 bits per heavy atom. The molecule has 1 aliphatic heterocycles. The van der Waals surface area contributed by atoms with E-state index in [-0.39, 0.29) is 11.6 Å². The fourth-order valence-corrected chi connectivity index (χ4v) is 4.06.